The maximum absolute atomic E-state index is 11.6. The number of hydrogen-bond acceptors (Lipinski definition) is 3. The molecule has 1 atom stereocenters. The predicted octanol–water partition coefficient (Wildman–Crippen LogP) is 1.35. The van der Waals surface area contributed by atoms with Crippen molar-refractivity contribution in [3.63, 3.8) is 0 Å². The lowest BCUT2D eigenvalue weighted by molar-refractivity contribution is -0.123. The lowest BCUT2D eigenvalue weighted by atomic mass is 10.2. The first kappa shape index (κ1) is 14.1. The number of hydrogen-bond donors (Lipinski definition) is 3. The molecule has 92 valence electrons. The fraction of sp³-hybridized carbons (Fsp3) is 0.200. The van der Waals surface area contributed by atoms with E-state index in [1.54, 1.807) is 12.1 Å². The smallest absolute Gasteiger partial charge is 0.241 e. The van der Waals surface area contributed by atoms with Crippen LogP contribution >= 0.6 is 31.9 Å². The van der Waals surface area contributed by atoms with Crippen molar-refractivity contribution >= 4 is 49.4 Å². The van der Waals surface area contributed by atoms with Crippen LogP contribution in [0.2, 0.25) is 0 Å². The average Bonchev–Trinajstić information content (AvgIpc) is 2.22. The summed E-state index contributed by atoms with van der Waals surface area (Å²) in [5, 5.41) is 2.61. The molecule has 1 unspecified atom stereocenters. The van der Waals surface area contributed by atoms with Crippen LogP contribution in [0.5, 0.6) is 0 Å². The van der Waals surface area contributed by atoms with Crippen molar-refractivity contribution in [2.24, 2.45) is 11.5 Å². The largest absolute Gasteiger partial charge is 0.370 e. The highest BCUT2D eigenvalue weighted by Gasteiger charge is 2.16. The van der Waals surface area contributed by atoms with Gasteiger partial charge in [0.25, 0.3) is 0 Å². The highest BCUT2D eigenvalue weighted by atomic mass is 79.9. The summed E-state index contributed by atoms with van der Waals surface area (Å²) in [6.45, 7) is 0. The van der Waals surface area contributed by atoms with Gasteiger partial charge in [-0.2, -0.15) is 0 Å². The maximum atomic E-state index is 11.6. The molecule has 1 aromatic rings. The van der Waals surface area contributed by atoms with Crippen LogP contribution in [-0.4, -0.2) is 17.9 Å². The molecule has 0 radical (unpaired) electrons. The van der Waals surface area contributed by atoms with Crippen LogP contribution in [-0.2, 0) is 9.59 Å². The Balaban J connectivity index is 2.73. The normalized spacial score (nSPS) is 11.9. The van der Waals surface area contributed by atoms with Crippen LogP contribution in [0.3, 0.4) is 0 Å². The molecule has 0 saturated heterocycles. The second-order valence-electron chi connectivity index (χ2n) is 3.39. The Kier molecular flexibility index (Phi) is 5.10. The van der Waals surface area contributed by atoms with Crippen LogP contribution < -0.4 is 16.8 Å². The van der Waals surface area contributed by atoms with Gasteiger partial charge in [-0.15, -0.1) is 0 Å². The first-order valence-corrected chi connectivity index (χ1v) is 6.28. The van der Waals surface area contributed by atoms with Gasteiger partial charge in [0.1, 0.15) is 0 Å². The molecule has 0 spiro atoms. The van der Waals surface area contributed by atoms with Crippen molar-refractivity contribution < 1.29 is 9.59 Å². The monoisotopic (exact) mass is 363 g/mol. The van der Waals surface area contributed by atoms with Crippen LogP contribution in [0.15, 0.2) is 27.1 Å². The van der Waals surface area contributed by atoms with E-state index in [1.807, 2.05) is 6.07 Å². The molecule has 0 aliphatic rings. The average molecular weight is 365 g/mol. The fourth-order valence-corrected chi connectivity index (χ4v) is 1.83. The van der Waals surface area contributed by atoms with E-state index in [-0.39, 0.29) is 6.42 Å². The van der Waals surface area contributed by atoms with E-state index in [0.29, 0.717) is 5.69 Å². The van der Waals surface area contributed by atoms with E-state index in [1.165, 1.54) is 0 Å². The number of nitrogens with two attached hydrogens (primary N) is 2. The maximum Gasteiger partial charge on any atom is 0.241 e. The molecule has 0 aliphatic carbocycles. The number of carbonyl (C=O) groups is 2. The van der Waals surface area contributed by atoms with Crippen LogP contribution in [0.4, 0.5) is 5.69 Å². The standard InChI is InChI=1S/C10H11Br2N3O2/c11-5-1-2-6(12)8(3-5)15-10(17)7(13)4-9(14)16/h1-3,7H,4,13H2,(H2,14,16)(H,15,17). The third-order valence-corrected chi connectivity index (χ3v) is 3.13. The van der Waals surface area contributed by atoms with Gasteiger partial charge in [-0.1, -0.05) is 15.9 Å². The number of halogens is 2. The summed E-state index contributed by atoms with van der Waals surface area (Å²) in [4.78, 5) is 22.3. The second-order valence-corrected chi connectivity index (χ2v) is 5.16. The van der Waals surface area contributed by atoms with Gasteiger partial charge in [0.05, 0.1) is 18.2 Å². The highest BCUT2D eigenvalue weighted by molar-refractivity contribution is 9.11. The van der Waals surface area contributed by atoms with Crippen molar-refractivity contribution in [3.05, 3.63) is 27.1 Å². The molecule has 7 heteroatoms. The Bertz CT molecular complexity index is 451. The summed E-state index contributed by atoms with van der Waals surface area (Å²) in [5.41, 5.74) is 11.1. The van der Waals surface area contributed by atoms with Gasteiger partial charge < -0.3 is 16.8 Å². The molecule has 17 heavy (non-hydrogen) atoms. The first-order valence-electron chi connectivity index (χ1n) is 4.70. The lowest BCUT2D eigenvalue weighted by Gasteiger charge is -2.12. The quantitative estimate of drug-likeness (QED) is 0.752. The van der Waals surface area contributed by atoms with E-state index >= 15 is 0 Å². The minimum atomic E-state index is -0.946. The van der Waals surface area contributed by atoms with Gasteiger partial charge >= 0.3 is 0 Å². The van der Waals surface area contributed by atoms with Crippen molar-refractivity contribution in [2.45, 2.75) is 12.5 Å². The summed E-state index contributed by atoms with van der Waals surface area (Å²) < 4.78 is 1.54. The summed E-state index contributed by atoms with van der Waals surface area (Å²) in [5.74, 6) is -1.07. The van der Waals surface area contributed by atoms with E-state index < -0.39 is 17.9 Å². The van der Waals surface area contributed by atoms with Gasteiger partial charge in [-0.05, 0) is 34.1 Å². The number of nitrogens with one attached hydrogen (secondary N) is 1. The Morgan fingerprint density at radius 2 is 2.00 bits per heavy atom. The zero-order valence-corrected chi connectivity index (χ0v) is 11.9. The molecule has 2 amide bonds. The summed E-state index contributed by atoms with van der Waals surface area (Å²) in [7, 11) is 0. The van der Waals surface area contributed by atoms with Crippen molar-refractivity contribution in [1.29, 1.82) is 0 Å². The highest BCUT2D eigenvalue weighted by Crippen LogP contribution is 2.26. The fourth-order valence-electron chi connectivity index (χ4n) is 1.13. The lowest BCUT2D eigenvalue weighted by Crippen LogP contribution is -2.39. The molecule has 0 saturated carbocycles. The molecule has 0 bridgehead atoms. The van der Waals surface area contributed by atoms with Crippen molar-refractivity contribution in [1.82, 2.24) is 0 Å². The van der Waals surface area contributed by atoms with Crippen molar-refractivity contribution in [2.75, 3.05) is 5.32 Å². The molecule has 0 aromatic heterocycles. The molecule has 0 fully saturated rings. The minimum absolute atomic E-state index is 0.183. The molecule has 1 rings (SSSR count). The predicted molar refractivity (Wildman–Crippen MR) is 72.3 cm³/mol. The zero-order valence-electron chi connectivity index (χ0n) is 8.74. The molecular formula is C10H11Br2N3O2. The number of benzene rings is 1. The van der Waals surface area contributed by atoms with E-state index in [0.717, 1.165) is 8.95 Å². The number of carbonyl (C=O) groups excluding carboxylic acids is 2. The van der Waals surface area contributed by atoms with Gasteiger partial charge in [0.15, 0.2) is 0 Å². The number of anilines is 1. The zero-order chi connectivity index (χ0) is 13.0. The third-order valence-electron chi connectivity index (χ3n) is 1.94. The topological polar surface area (TPSA) is 98.2 Å². The Morgan fingerprint density at radius 1 is 1.35 bits per heavy atom. The Morgan fingerprint density at radius 3 is 2.59 bits per heavy atom. The summed E-state index contributed by atoms with van der Waals surface area (Å²) >= 11 is 6.58. The van der Waals surface area contributed by atoms with Crippen LogP contribution in [0.1, 0.15) is 6.42 Å². The molecule has 5 N–H and O–H groups in total. The Hall–Kier alpha value is -0.920. The van der Waals surface area contributed by atoms with Crippen LogP contribution in [0.25, 0.3) is 0 Å². The SMILES string of the molecule is NC(=O)CC(N)C(=O)Nc1cc(Br)ccc1Br. The van der Waals surface area contributed by atoms with Gasteiger partial charge in [0, 0.05) is 8.95 Å². The molecule has 0 heterocycles. The van der Waals surface area contributed by atoms with Crippen molar-refractivity contribution in [3.8, 4) is 0 Å². The number of primary amides is 1. The van der Waals surface area contributed by atoms with E-state index in [9.17, 15) is 9.59 Å². The summed E-state index contributed by atoms with van der Waals surface area (Å²) in [6, 6.07) is 4.37. The molecule has 5 nitrogen and oxygen atoms in total. The van der Waals surface area contributed by atoms with Gasteiger partial charge in [-0.25, -0.2) is 0 Å². The molecule has 0 aliphatic heterocycles. The van der Waals surface area contributed by atoms with Crippen LogP contribution in [0, 0.1) is 0 Å². The minimum Gasteiger partial charge on any atom is -0.370 e. The number of amides is 2. The molecular weight excluding hydrogens is 354 g/mol. The second kappa shape index (κ2) is 6.13. The van der Waals surface area contributed by atoms with Gasteiger partial charge in [0.2, 0.25) is 11.8 Å². The third kappa shape index (κ3) is 4.45. The molecule has 1 aromatic carbocycles. The van der Waals surface area contributed by atoms with E-state index in [4.69, 9.17) is 11.5 Å². The Labute approximate surface area is 115 Å². The summed E-state index contributed by atoms with van der Waals surface area (Å²) in [6.07, 6.45) is -0.183. The number of rotatable bonds is 4. The van der Waals surface area contributed by atoms with E-state index in [2.05, 4.69) is 37.2 Å². The first-order chi connectivity index (χ1) is 7.90. The van der Waals surface area contributed by atoms with Gasteiger partial charge in [-0.3, -0.25) is 9.59 Å².